The van der Waals surface area contributed by atoms with E-state index in [1.54, 1.807) is 36.5 Å². The first-order chi connectivity index (χ1) is 11.8. The first-order valence-electron chi connectivity index (χ1n) is 8.37. The van der Waals surface area contributed by atoms with Crippen LogP contribution < -0.4 is 4.72 Å². The molecule has 0 amide bonds. The summed E-state index contributed by atoms with van der Waals surface area (Å²) in [6.07, 6.45) is 3.54. The molecular formula is C18H22ClNO3S2. The summed E-state index contributed by atoms with van der Waals surface area (Å²) in [6.45, 7) is 2.09. The lowest BCUT2D eigenvalue weighted by atomic mass is 9.85. The molecule has 4 nitrogen and oxygen atoms in total. The molecule has 1 aromatic heterocycles. The molecule has 1 atom stereocenters. The summed E-state index contributed by atoms with van der Waals surface area (Å²) < 4.78 is 28.1. The SMILES string of the molecule is C[C@H](O)c1ccc(C2(CNS(=O)(=O)c3ccccc3Cl)CCCC2)s1. The number of thiophene rings is 1. The molecule has 1 aromatic carbocycles. The van der Waals surface area contributed by atoms with E-state index in [1.807, 2.05) is 12.1 Å². The zero-order valence-corrected chi connectivity index (χ0v) is 16.4. The van der Waals surface area contributed by atoms with Gasteiger partial charge in [-0.25, -0.2) is 13.1 Å². The maximum Gasteiger partial charge on any atom is 0.242 e. The Kier molecular flexibility index (Phi) is 5.56. The highest BCUT2D eigenvalue weighted by Gasteiger charge is 2.38. The zero-order chi connectivity index (χ0) is 18.1. The number of sulfonamides is 1. The van der Waals surface area contributed by atoms with Gasteiger partial charge in [-0.2, -0.15) is 0 Å². The van der Waals surface area contributed by atoms with Crippen molar-refractivity contribution in [2.45, 2.75) is 49.0 Å². The Labute approximate surface area is 157 Å². The van der Waals surface area contributed by atoms with Gasteiger partial charge in [0, 0.05) is 21.7 Å². The maximum absolute atomic E-state index is 12.7. The number of benzene rings is 1. The Morgan fingerprint density at radius 1 is 1.24 bits per heavy atom. The van der Waals surface area contributed by atoms with Crippen molar-refractivity contribution >= 4 is 33.0 Å². The second kappa shape index (κ2) is 7.37. The molecule has 136 valence electrons. The minimum atomic E-state index is -3.66. The average molecular weight is 400 g/mol. The predicted octanol–water partition coefficient (Wildman–Crippen LogP) is 4.25. The molecule has 7 heteroatoms. The Morgan fingerprint density at radius 2 is 1.92 bits per heavy atom. The molecule has 25 heavy (non-hydrogen) atoms. The van der Waals surface area contributed by atoms with Crippen LogP contribution in [0, 0.1) is 0 Å². The Morgan fingerprint density at radius 3 is 2.52 bits per heavy atom. The molecule has 0 unspecified atom stereocenters. The molecule has 0 bridgehead atoms. The van der Waals surface area contributed by atoms with E-state index in [0.717, 1.165) is 35.4 Å². The van der Waals surface area contributed by atoms with Gasteiger partial charge in [0.2, 0.25) is 10.0 Å². The number of aliphatic hydroxyl groups is 1. The second-order valence-electron chi connectivity index (χ2n) is 6.62. The van der Waals surface area contributed by atoms with Crippen molar-refractivity contribution in [2.24, 2.45) is 0 Å². The van der Waals surface area contributed by atoms with Crippen LogP contribution in [0.4, 0.5) is 0 Å². The number of hydrogen-bond acceptors (Lipinski definition) is 4. The highest BCUT2D eigenvalue weighted by Crippen LogP contribution is 2.44. The van der Waals surface area contributed by atoms with Gasteiger partial charge >= 0.3 is 0 Å². The fraction of sp³-hybridized carbons (Fsp3) is 0.444. The Bertz CT molecular complexity index is 840. The van der Waals surface area contributed by atoms with Crippen LogP contribution in [0.15, 0.2) is 41.3 Å². The molecule has 0 saturated heterocycles. The van der Waals surface area contributed by atoms with Gasteiger partial charge in [0.1, 0.15) is 4.90 Å². The Balaban J connectivity index is 1.84. The average Bonchev–Trinajstić information content (AvgIpc) is 3.23. The molecule has 0 spiro atoms. The quantitative estimate of drug-likeness (QED) is 0.763. The van der Waals surface area contributed by atoms with E-state index in [0.29, 0.717) is 6.54 Å². The molecule has 1 aliphatic rings. The molecular weight excluding hydrogens is 378 g/mol. The van der Waals surface area contributed by atoms with Gasteiger partial charge in [0.15, 0.2) is 0 Å². The van der Waals surface area contributed by atoms with Gasteiger partial charge in [-0.05, 0) is 44.0 Å². The normalized spacial score (nSPS) is 18.4. The molecule has 1 saturated carbocycles. The lowest BCUT2D eigenvalue weighted by Gasteiger charge is -2.28. The van der Waals surface area contributed by atoms with E-state index in [4.69, 9.17) is 11.6 Å². The van der Waals surface area contributed by atoms with Crippen LogP contribution in [0.3, 0.4) is 0 Å². The number of halogens is 1. The number of rotatable bonds is 6. The molecule has 2 aromatic rings. The summed E-state index contributed by atoms with van der Waals surface area (Å²) in [6, 6.07) is 10.4. The largest absolute Gasteiger partial charge is 0.388 e. The van der Waals surface area contributed by atoms with E-state index in [1.165, 1.54) is 6.07 Å². The second-order valence-corrected chi connectivity index (χ2v) is 9.88. The molecule has 0 radical (unpaired) electrons. The fourth-order valence-electron chi connectivity index (χ4n) is 3.40. The summed E-state index contributed by atoms with van der Waals surface area (Å²) in [7, 11) is -3.66. The molecule has 2 N–H and O–H groups in total. The van der Waals surface area contributed by atoms with Crippen LogP contribution in [0.2, 0.25) is 5.02 Å². The van der Waals surface area contributed by atoms with Gasteiger partial charge in [-0.3, -0.25) is 0 Å². The summed E-state index contributed by atoms with van der Waals surface area (Å²) in [5.41, 5.74) is -0.202. The smallest absolute Gasteiger partial charge is 0.242 e. The summed E-state index contributed by atoms with van der Waals surface area (Å²) in [4.78, 5) is 2.17. The molecule has 1 fully saturated rings. The van der Waals surface area contributed by atoms with Gasteiger partial charge in [0.05, 0.1) is 11.1 Å². The van der Waals surface area contributed by atoms with Crippen molar-refractivity contribution in [3.63, 3.8) is 0 Å². The number of hydrogen-bond donors (Lipinski definition) is 2. The van der Waals surface area contributed by atoms with E-state index in [9.17, 15) is 13.5 Å². The summed E-state index contributed by atoms with van der Waals surface area (Å²) in [5, 5.41) is 10.0. The van der Waals surface area contributed by atoms with E-state index < -0.39 is 16.1 Å². The number of nitrogens with one attached hydrogen (secondary N) is 1. The van der Waals surface area contributed by atoms with Crippen molar-refractivity contribution in [1.82, 2.24) is 4.72 Å². The lowest BCUT2D eigenvalue weighted by Crippen LogP contribution is -2.38. The van der Waals surface area contributed by atoms with Gasteiger partial charge in [-0.1, -0.05) is 36.6 Å². The van der Waals surface area contributed by atoms with Crippen LogP contribution >= 0.6 is 22.9 Å². The van der Waals surface area contributed by atoms with Gasteiger partial charge in [-0.15, -0.1) is 11.3 Å². The molecule has 3 rings (SSSR count). The fourth-order valence-corrected chi connectivity index (χ4v) is 6.23. The lowest BCUT2D eigenvalue weighted by molar-refractivity contribution is 0.203. The zero-order valence-electron chi connectivity index (χ0n) is 14.0. The highest BCUT2D eigenvalue weighted by molar-refractivity contribution is 7.89. The van der Waals surface area contributed by atoms with Crippen LogP contribution in [-0.2, 0) is 15.4 Å². The van der Waals surface area contributed by atoms with Crippen LogP contribution in [0.25, 0.3) is 0 Å². The van der Waals surface area contributed by atoms with Crippen LogP contribution in [0.5, 0.6) is 0 Å². The Hall–Kier alpha value is -0.920. The minimum Gasteiger partial charge on any atom is -0.388 e. The first kappa shape index (κ1) is 18.9. The van der Waals surface area contributed by atoms with Crippen molar-refractivity contribution in [1.29, 1.82) is 0 Å². The molecule has 1 aliphatic carbocycles. The third kappa shape index (κ3) is 3.93. The van der Waals surface area contributed by atoms with Crippen LogP contribution in [-0.4, -0.2) is 20.1 Å². The minimum absolute atomic E-state index is 0.112. The van der Waals surface area contributed by atoms with E-state index in [-0.39, 0.29) is 15.3 Å². The van der Waals surface area contributed by atoms with Crippen LogP contribution in [0.1, 0.15) is 48.5 Å². The standard InChI is InChI=1S/C18H22ClNO3S2/c1-13(21)15-8-9-17(24-15)18(10-4-5-11-18)12-20-25(22,23)16-7-3-2-6-14(16)19/h2-3,6-9,13,20-21H,4-5,10-12H2,1H3/t13-/m0/s1. The van der Waals surface area contributed by atoms with Crippen molar-refractivity contribution in [3.8, 4) is 0 Å². The topological polar surface area (TPSA) is 66.4 Å². The monoisotopic (exact) mass is 399 g/mol. The number of aliphatic hydroxyl groups excluding tert-OH is 1. The summed E-state index contributed by atoms with van der Waals surface area (Å²) >= 11 is 7.62. The van der Waals surface area contributed by atoms with E-state index in [2.05, 4.69) is 4.72 Å². The maximum atomic E-state index is 12.7. The first-order valence-corrected chi connectivity index (χ1v) is 11.0. The summed E-state index contributed by atoms with van der Waals surface area (Å²) in [5.74, 6) is 0. The van der Waals surface area contributed by atoms with Gasteiger partial charge in [0.25, 0.3) is 0 Å². The predicted molar refractivity (Wildman–Crippen MR) is 102 cm³/mol. The van der Waals surface area contributed by atoms with Crippen molar-refractivity contribution < 1.29 is 13.5 Å². The molecule has 0 aliphatic heterocycles. The molecule has 1 heterocycles. The highest BCUT2D eigenvalue weighted by atomic mass is 35.5. The third-order valence-electron chi connectivity index (χ3n) is 4.85. The van der Waals surface area contributed by atoms with E-state index >= 15 is 0 Å². The van der Waals surface area contributed by atoms with Gasteiger partial charge < -0.3 is 5.11 Å². The van der Waals surface area contributed by atoms with Crippen molar-refractivity contribution in [3.05, 3.63) is 51.2 Å². The third-order valence-corrected chi connectivity index (χ3v) is 8.25. The van der Waals surface area contributed by atoms with Crippen molar-refractivity contribution in [2.75, 3.05) is 6.54 Å².